The summed E-state index contributed by atoms with van der Waals surface area (Å²) >= 11 is 7.89. The SMILES string of the molecule is OCc1cccc(SCc2cc(Cl)cc3c2OCC3)c1. The van der Waals surface area contributed by atoms with Crippen LogP contribution in [0.2, 0.25) is 5.02 Å². The first-order valence-corrected chi connectivity index (χ1v) is 7.89. The van der Waals surface area contributed by atoms with Crippen molar-refractivity contribution in [1.29, 1.82) is 0 Å². The molecule has 0 atom stereocenters. The Balaban J connectivity index is 1.78. The summed E-state index contributed by atoms with van der Waals surface area (Å²) in [6, 6.07) is 11.9. The summed E-state index contributed by atoms with van der Waals surface area (Å²) in [4.78, 5) is 1.14. The third-order valence-corrected chi connectivity index (χ3v) is 4.56. The zero-order chi connectivity index (χ0) is 13.9. The fourth-order valence-corrected chi connectivity index (χ4v) is 3.56. The smallest absolute Gasteiger partial charge is 0.126 e. The molecule has 0 fully saturated rings. The average Bonchev–Trinajstić information content (AvgIpc) is 2.93. The predicted octanol–water partition coefficient (Wildman–Crippen LogP) is 4.06. The van der Waals surface area contributed by atoms with E-state index >= 15 is 0 Å². The second kappa shape index (κ2) is 6.08. The van der Waals surface area contributed by atoms with Gasteiger partial charge in [0.25, 0.3) is 0 Å². The summed E-state index contributed by atoms with van der Waals surface area (Å²) in [7, 11) is 0. The number of hydrogen-bond acceptors (Lipinski definition) is 3. The minimum Gasteiger partial charge on any atom is -0.493 e. The van der Waals surface area contributed by atoms with Crippen LogP contribution in [-0.4, -0.2) is 11.7 Å². The summed E-state index contributed by atoms with van der Waals surface area (Å²) in [6.07, 6.45) is 0.938. The molecule has 0 unspecified atom stereocenters. The van der Waals surface area contributed by atoms with Gasteiger partial charge in [-0.05, 0) is 35.4 Å². The van der Waals surface area contributed by atoms with Gasteiger partial charge in [0.05, 0.1) is 13.2 Å². The Bertz CT molecular complexity index is 628. The van der Waals surface area contributed by atoms with Crippen molar-refractivity contribution in [3.05, 3.63) is 58.1 Å². The van der Waals surface area contributed by atoms with Crippen molar-refractivity contribution < 1.29 is 9.84 Å². The number of rotatable bonds is 4. The molecule has 0 amide bonds. The minimum atomic E-state index is 0.0735. The summed E-state index contributed by atoms with van der Waals surface area (Å²) < 4.78 is 5.71. The highest BCUT2D eigenvalue weighted by Crippen LogP contribution is 2.36. The number of ether oxygens (including phenoxy) is 1. The number of hydrogen-bond donors (Lipinski definition) is 1. The zero-order valence-corrected chi connectivity index (χ0v) is 12.5. The van der Waals surface area contributed by atoms with Crippen LogP contribution in [0.5, 0.6) is 5.75 Å². The second-order valence-electron chi connectivity index (χ2n) is 4.75. The molecule has 1 N–H and O–H groups in total. The first-order valence-electron chi connectivity index (χ1n) is 6.53. The number of thioether (sulfide) groups is 1. The van der Waals surface area contributed by atoms with Gasteiger partial charge in [0.15, 0.2) is 0 Å². The summed E-state index contributed by atoms with van der Waals surface area (Å²) in [6.45, 7) is 0.817. The van der Waals surface area contributed by atoms with E-state index in [1.165, 1.54) is 5.56 Å². The molecular weight excluding hydrogens is 292 g/mol. The maximum Gasteiger partial charge on any atom is 0.126 e. The highest BCUT2D eigenvalue weighted by molar-refractivity contribution is 7.98. The number of aliphatic hydroxyl groups excluding tert-OH is 1. The van der Waals surface area contributed by atoms with E-state index in [1.54, 1.807) is 11.8 Å². The maximum atomic E-state index is 9.16. The molecule has 4 heteroatoms. The Kier molecular flexibility index (Phi) is 4.20. The standard InChI is InChI=1S/C16H15ClO2S/c17-14-7-12-4-5-19-16(12)13(8-14)10-20-15-3-1-2-11(6-15)9-18/h1-3,6-8,18H,4-5,9-10H2. The van der Waals surface area contributed by atoms with E-state index in [-0.39, 0.29) is 6.61 Å². The van der Waals surface area contributed by atoms with Crippen LogP contribution in [0.4, 0.5) is 0 Å². The number of halogens is 1. The molecule has 104 valence electrons. The molecular formula is C16H15ClO2S. The van der Waals surface area contributed by atoms with Crippen molar-refractivity contribution in [2.45, 2.75) is 23.7 Å². The highest BCUT2D eigenvalue weighted by atomic mass is 35.5. The highest BCUT2D eigenvalue weighted by Gasteiger charge is 2.17. The first-order chi connectivity index (χ1) is 9.76. The van der Waals surface area contributed by atoms with Gasteiger partial charge in [0, 0.05) is 27.7 Å². The summed E-state index contributed by atoms with van der Waals surface area (Å²) in [5.74, 6) is 1.82. The van der Waals surface area contributed by atoms with Gasteiger partial charge in [-0.1, -0.05) is 23.7 Å². The number of benzene rings is 2. The lowest BCUT2D eigenvalue weighted by Gasteiger charge is -2.09. The zero-order valence-electron chi connectivity index (χ0n) is 10.9. The van der Waals surface area contributed by atoms with Crippen molar-refractivity contribution in [3.63, 3.8) is 0 Å². The van der Waals surface area contributed by atoms with Crippen molar-refractivity contribution in [3.8, 4) is 5.75 Å². The molecule has 0 bridgehead atoms. The quantitative estimate of drug-likeness (QED) is 0.864. The van der Waals surface area contributed by atoms with Crippen LogP contribution in [0.1, 0.15) is 16.7 Å². The van der Waals surface area contributed by atoms with Crippen molar-refractivity contribution in [2.24, 2.45) is 0 Å². The molecule has 0 spiro atoms. The Morgan fingerprint density at radius 1 is 1.25 bits per heavy atom. The predicted molar refractivity (Wildman–Crippen MR) is 82.6 cm³/mol. The lowest BCUT2D eigenvalue weighted by Crippen LogP contribution is -1.91. The second-order valence-corrected chi connectivity index (χ2v) is 6.23. The van der Waals surface area contributed by atoms with Crippen molar-refractivity contribution >= 4 is 23.4 Å². The lowest BCUT2D eigenvalue weighted by atomic mass is 10.1. The van der Waals surface area contributed by atoms with Crippen LogP contribution in [0, 0.1) is 0 Å². The molecule has 20 heavy (non-hydrogen) atoms. The molecule has 0 radical (unpaired) electrons. The fraction of sp³-hybridized carbons (Fsp3) is 0.250. The van der Waals surface area contributed by atoms with Crippen molar-refractivity contribution in [2.75, 3.05) is 6.61 Å². The van der Waals surface area contributed by atoms with Crippen LogP contribution in [0.3, 0.4) is 0 Å². The Morgan fingerprint density at radius 3 is 3.00 bits per heavy atom. The minimum absolute atomic E-state index is 0.0735. The van der Waals surface area contributed by atoms with Crippen LogP contribution in [0.15, 0.2) is 41.3 Å². The van der Waals surface area contributed by atoms with E-state index in [2.05, 4.69) is 6.07 Å². The van der Waals surface area contributed by atoms with E-state index in [0.29, 0.717) is 0 Å². The molecule has 2 aromatic carbocycles. The van der Waals surface area contributed by atoms with Crippen LogP contribution >= 0.6 is 23.4 Å². The molecule has 3 rings (SSSR count). The number of aliphatic hydroxyl groups is 1. The van der Waals surface area contributed by atoms with Gasteiger partial charge in [0.2, 0.25) is 0 Å². The van der Waals surface area contributed by atoms with Gasteiger partial charge in [-0.15, -0.1) is 11.8 Å². The topological polar surface area (TPSA) is 29.5 Å². The fourth-order valence-electron chi connectivity index (χ4n) is 2.35. The van der Waals surface area contributed by atoms with E-state index in [1.807, 2.05) is 30.3 Å². The molecule has 0 saturated heterocycles. The van der Waals surface area contributed by atoms with Gasteiger partial charge in [-0.25, -0.2) is 0 Å². The Morgan fingerprint density at radius 2 is 2.15 bits per heavy atom. The van der Waals surface area contributed by atoms with Crippen LogP contribution in [0.25, 0.3) is 0 Å². The average molecular weight is 307 g/mol. The van der Waals surface area contributed by atoms with Gasteiger partial charge in [-0.3, -0.25) is 0 Å². The maximum absolute atomic E-state index is 9.16. The van der Waals surface area contributed by atoms with Gasteiger partial charge in [0.1, 0.15) is 5.75 Å². The van der Waals surface area contributed by atoms with Gasteiger partial charge in [-0.2, -0.15) is 0 Å². The lowest BCUT2D eigenvalue weighted by molar-refractivity contribution is 0.281. The number of fused-ring (bicyclic) bond motifs is 1. The molecule has 0 aromatic heterocycles. The largest absolute Gasteiger partial charge is 0.493 e. The monoisotopic (exact) mass is 306 g/mol. The molecule has 2 aromatic rings. The first kappa shape index (κ1) is 13.8. The van der Waals surface area contributed by atoms with E-state index in [0.717, 1.165) is 45.6 Å². The Hall–Kier alpha value is -1.16. The molecule has 1 heterocycles. The van der Waals surface area contributed by atoms with E-state index in [9.17, 15) is 0 Å². The molecule has 0 saturated carbocycles. The third kappa shape index (κ3) is 2.95. The normalized spacial score (nSPS) is 13.1. The third-order valence-electron chi connectivity index (χ3n) is 3.30. The van der Waals surface area contributed by atoms with Crippen LogP contribution < -0.4 is 4.74 Å². The van der Waals surface area contributed by atoms with Gasteiger partial charge < -0.3 is 9.84 Å². The summed E-state index contributed by atoms with van der Waals surface area (Å²) in [5, 5.41) is 9.94. The van der Waals surface area contributed by atoms with E-state index in [4.69, 9.17) is 21.4 Å². The molecule has 0 aliphatic carbocycles. The molecule has 1 aliphatic heterocycles. The van der Waals surface area contributed by atoms with E-state index < -0.39 is 0 Å². The summed E-state index contributed by atoms with van der Waals surface area (Å²) in [5.41, 5.74) is 3.28. The van der Waals surface area contributed by atoms with Crippen LogP contribution in [-0.2, 0) is 18.8 Å². The van der Waals surface area contributed by atoms with Crippen molar-refractivity contribution in [1.82, 2.24) is 0 Å². The Labute approximate surface area is 127 Å². The molecule has 1 aliphatic rings. The van der Waals surface area contributed by atoms with Gasteiger partial charge >= 0.3 is 0 Å². The molecule has 2 nitrogen and oxygen atoms in total.